The third-order valence-corrected chi connectivity index (χ3v) is 5.48. The van der Waals surface area contributed by atoms with E-state index in [0.29, 0.717) is 11.5 Å². The molecule has 0 bridgehead atoms. The Hall–Kier alpha value is -1.78. The molecule has 24 heavy (non-hydrogen) atoms. The average Bonchev–Trinajstić information content (AvgIpc) is 2.60. The zero-order valence-corrected chi connectivity index (χ0v) is 15.0. The van der Waals surface area contributed by atoms with Gasteiger partial charge in [0.1, 0.15) is 0 Å². The van der Waals surface area contributed by atoms with Crippen LogP contribution in [0.5, 0.6) is 0 Å². The highest BCUT2D eigenvalue weighted by molar-refractivity contribution is 6.31. The summed E-state index contributed by atoms with van der Waals surface area (Å²) in [4.78, 5) is 0. The van der Waals surface area contributed by atoms with E-state index in [0.717, 1.165) is 17.0 Å². The Balaban J connectivity index is 1.75. The van der Waals surface area contributed by atoms with Gasteiger partial charge in [0.25, 0.3) is 0 Å². The Labute approximate surface area is 149 Å². The van der Waals surface area contributed by atoms with Crippen LogP contribution in [0.15, 0.2) is 36.4 Å². The van der Waals surface area contributed by atoms with Gasteiger partial charge in [-0.25, -0.2) is 4.39 Å². The Morgan fingerprint density at radius 1 is 0.958 bits per heavy atom. The smallest absolute Gasteiger partial charge is 0.157 e. The van der Waals surface area contributed by atoms with Crippen molar-refractivity contribution in [2.24, 2.45) is 5.92 Å². The molecule has 0 saturated heterocycles. The van der Waals surface area contributed by atoms with Crippen molar-refractivity contribution in [3.63, 3.8) is 0 Å². The van der Waals surface area contributed by atoms with E-state index in [1.165, 1.54) is 31.2 Å². The van der Waals surface area contributed by atoms with Crippen LogP contribution in [0, 0.1) is 30.5 Å². The molecule has 124 valence electrons. The fraction of sp³-hybridized carbons (Fsp3) is 0.364. The summed E-state index contributed by atoms with van der Waals surface area (Å²) in [5, 5.41) is 0.156. The van der Waals surface area contributed by atoms with Gasteiger partial charge in [-0.2, -0.15) is 0 Å². The van der Waals surface area contributed by atoms with Crippen molar-refractivity contribution in [2.75, 3.05) is 0 Å². The lowest BCUT2D eigenvalue weighted by Gasteiger charge is -2.26. The summed E-state index contributed by atoms with van der Waals surface area (Å²) >= 11 is 5.94. The van der Waals surface area contributed by atoms with Crippen LogP contribution < -0.4 is 0 Å². The standard InChI is InChI=1S/C22H22ClF/c1-15-3-9-18(10-4-15)19-12-6-17(7-13-19)8-14-20-11-5-16(2)21(23)22(20)24/h5-7,11-13,15,18H,3-4,9-10H2,1-2H3. The molecule has 0 aliphatic heterocycles. The highest BCUT2D eigenvalue weighted by Gasteiger charge is 2.19. The Bertz CT molecular complexity index is 772. The van der Waals surface area contributed by atoms with Crippen LogP contribution in [-0.4, -0.2) is 0 Å². The minimum Gasteiger partial charge on any atom is -0.204 e. The van der Waals surface area contributed by atoms with Crippen LogP contribution in [0.2, 0.25) is 5.02 Å². The van der Waals surface area contributed by atoms with Gasteiger partial charge in [0.05, 0.1) is 10.6 Å². The summed E-state index contributed by atoms with van der Waals surface area (Å²) in [6, 6.07) is 11.9. The zero-order valence-electron chi connectivity index (χ0n) is 14.2. The first-order valence-corrected chi connectivity index (χ1v) is 8.99. The van der Waals surface area contributed by atoms with E-state index >= 15 is 0 Å². The molecule has 2 aromatic carbocycles. The first kappa shape index (κ1) is 17.1. The molecule has 1 saturated carbocycles. The predicted molar refractivity (Wildman–Crippen MR) is 98.9 cm³/mol. The third-order valence-electron chi connectivity index (χ3n) is 5.01. The Morgan fingerprint density at radius 2 is 1.62 bits per heavy atom. The van der Waals surface area contributed by atoms with Gasteiger partial charge in [-0.15, -0.1) is 0 Å². The molecule has 1 fully saturated rings. The second kappa shape index (κ2) is 7.41. The van der Waals surface area contributed by atoms with Crippen molar-refractivity contribution in [3.8, 4) is 11.8 Å². The normalized spacial score (nSPS) is 20.3. The lowest BCUT2D eigenvalue weighted by Crippen LogP contribution is -2.10. The Kier molecular flexibility index (Phi) is 5.27. The number of hydrogen-bond acceptors (Lipinski definition) is 0. The van der Waals surface area contributed by atoms with Crippen LogP contribution in [0.3, 0.4) is 0 Å². The van der Waals surface area contributed by atoms with E-state index in [2.05, 4.69) is 30.9 Å². The molecule has 0 atom stereocenters. The molecule has 0 unspecified atom stereocenters. The monoisotopic (exact) mass is 340 g/mol. The average molecular weight is 341 g/mol. The number of rotatable bonds is 1. The molecule has 2 aromatic rings. The van der Waals surface area contributed by atoms with Gasteiger partial charge >= 0.3 is 0 Å². The number of hydrogen-bond donors (Lipinski definition) is 0. The minimum atomic E-state index is -0.433. The van der Waals surface area contributed by atoms with E-state index in [1.54, 1.807) is 19.1 Å². The summed E-state index contributed by atoms with van der Waals surface area (Å²) in [6.45, 7) is 4.12. The van der Waals surface area contributed by atoms with Crippen molar-refractivity contribution in [1.29, 1.82) is 0 Å². The molecule has 3 rings (SSSR count). The van der Waals surface area contributed by atoms with E-state index in [9.17, 15) is 4.39 Å². The maximum Gasteiger partial charge on any atom is 0.157 e. The van der Waals surface area contributed by atoms with Crippen LogP contribution >= 0.6 is 11.6 Å². The van der Waals surface area contributed by atoms with E-state index in [4.69, 9.17) is 11.6 Å². The summed E-state index contributed by atoms with van der Waals surface area (Å²) in [5.74, 6) is 7.04. The molecule has 2 heteroatoms. The fourth-order valence-corrected chi connectivity index (χ4v) is 3.48. The quantitative estimate of drug-likeness (QED) is 0.521. The molecular weight excluding hydrogens is 319 g/mol. The molecule has 0 N–H and O–H groups in total. The van der Waals surface area contributed by atoms with E-state index in [1.807, 2.05) is 12.1 Å². The van der Waals surface area contributed by atoms with Gasteiger partial charge in [-0.1, -0.05) is 61.4 Å². The maximum atomic E-state index is 14.1. The second-order valence-corrected chi connectivity index (χ2v) is 7.26. The number of benzene rings is 2. The van der Waals surface area contributed by atoms with Crippen LogP contribution in [0.4, 0.5) is 4.39 Å². The first-order chi connectivity index (χ1) is 11.5. The van der Waals surface area contributed by atoms with Crippen molar-refractivity contribution < 1.29 is 4.39 Å². The largest absolute Gasteiger partial charge is 0.204 e. The third kappa shape index (κ3) is 3.82. The molecule has 0 aromatic heterocycles. The molecule has 1 aliphatic rings. The fourth-order valence-electron chi connectivity index (χ4n) is 3.31. The van der Waals surface area contributed by atoms with Crippen LogP contribution in [0.1, 0.15) is 60.8 Å². The SMILES string of the molecule is Cc1ccc(C#Cc2ccc(C3CCC(C)CC3)cc2)c(F)c1Cl. The van der Waals surface area contributed by atoms with Crippen molar-refractivity contribution in [1.82, 2.24) is 0 Å². The number of aryl methyl sites for hydroxylation is 1. The molecule has 0 nitrogen and oxygen atoms in total. The summed E-state index contributed by atoms with van der Waals surface area (Å²) in [6.07, 6.45) is 5.19. The summed E-state index contributed by atoms with van der Waals surface area (Å²) in [5.41, 5.74) is 3.37. The topological polar surface area (TPSA) is 0 Å². The number of halogens is 2. The molecule has 0 radical (unpaired) electrons. The maximum absolute atomic E-state index is 14.1. The molecular formula is C22H22ClF. The minimum absolute atomic E-state index is 0.156. The molecule has 0 amide bonds. The van der Waals surface area contributed by atoms with Gasteiger partial charge in [0.15, 0.2) is 5.82 Å². The first-order valence-electron chi connectivity index (χ1n) is 8.61. The molecule has 0 heterocycles. The van der Waals surface area contributed by atoms with Crippen LogP contribution in [0.25, 0.3) is 0 Å². The lowest BCUT2D eigenvalue weighted by atomic mass is 9.79. The molecule has 1 aliphatic carbocycles. The highest BCUT2D eigenvalue weighted by Crippen LogP contribution is 2.35. The van der Waals surface area contributed by atoms with Gasteiger partial charge in [-0.3, -0.25) is 0 Å². The second-order valence-electron chi connectivity index (χ2n) is 6.89. The van der Waals surface area contributed by atoms with Crippen molar-refractivity contribution in [3.05, 3.63) is 69.5 Å². The zero-order chi connectivity index (χ0) is 17.1. The van der Waals surface area contributed by atoms with Gasteiger partial charge in [-0.05, 0) is 60.9 Å². The van der Waals surface area contributed by atoms with Gasteiger partial charge in [0.2, 0.25) is 0 Å². The summed E-state index contributed by atoms with van der Waals surface area (Å²) < 4.78 is 14.1. The van der Waals surface area contributed by atoms with Gasteiger partial charge in [0, 0.05) is 5.56 Å². The highest BCUT2D eigenvalue weighted by atomic mass is 35.5. The van der Waals surface area contributed by atoms with E-state index < -0.39 is 5.82 Å². The van der Waals surface area contributed by atoms with E-state index in [-0.39, 0.29) is 5.02 Å². The van der Waals surface area contributed by atoms with Crippen molar-refractivity contribution >= 4 is 11.6 Å². The van der Waals surface area contributed by atoms with Crippen molar-refractivity contribution in [2.45, 2.75) is 45.4 Å². The predicted octanol–water partition coefficient (Wildman–Crippen LogP) is 6.48. The summed E-state index contributed by atoms with van der Waals surface area (Å²) in [7, 11) is 0. The van der Waals surface area contributed by atoms with Crippen LogP contribution in [-0.2, 0) is 0 Å². The Morgan fingerprint density at radius 3 is 2.29 bits per heavy atom. The lowest BCUT2D eigenvalue weighted by molar-refractivity contribution is 0.348. The molecule has 0 spiro atoms. The van der Waals surface area contributed by atoms with Gasteiger partial charge < -0.3 is 0 Å².